The van der Waals surface area contributed by atoms with Gasteiger partial charge in [0.05, 0.1) is 18.5 Å². The summed E-state index contributed by atoms with van der Waals surface area (Å²) in [6.45, 7) is 10.7. The molecule has 0 spiro atoms. The number of rotatable bonds is 11. The number of hydrogen-bond donors (Lipinski definition) is 1. The second-order valence-corrected chi connectivity index (χ2v) is 8.59. The fourth-order valence-electron chi connectivity index (χ4n) is 2.70. The fourth-order valence-corrected chi connectivity index (χ4v) is 3.99. The van der Waals surface area contributed by atoms with Crippen molar-refractivity contribution >= 4 is 16.0 Å². The minimum Gasteiger partial charge on any atom is -0.382 e. The maximum atomic E-state index is 12.4. The van der Waals surface area contributed by atoms with Crippen LogP contribution >= 0.6 is 0 Å². The maximum Gasteiger partial charge on any atom is 0.216 e. The molecule has 8 nitrogen and oxygen atoms in total. The number of ether oxygens (including phenoxy) is 2. The molecule has 1 saturated heterocycles. The van der Waals surface area contributed by atoms with Gasteiger partial charge in [-0.05, 0) is 33.6 Å². The van der Waals surface area contributed by atoms with E-state index in [1.807, 2.05) is 20.8 Å². The Morgan fingerprint density at radius 3 is 2.42 bits per heavy atom. The third-order valence-corrected chi connectivity index (χ3v) is 5.97. The topological polar surface area (TPSA) is 83.5 Å². The summed E-state index contributed by atoms with van der Waals surface area (Å²) >= 11 is 0. The van der Waals surface area contributed by atoms with Gasteiger partial charge in [0.15, 0.2) is 5.96 Å². The number of nitrogens with one attached hydrogen (secondary N) is 1. The Hall–Kier alpha value is -0.900. The van der Waals surface area contributed by atoms with Crippen LogP contribution in [0.15, 0.2) is 4.99 Å². The number of nitrogens with zero attached hydrogens (tertiary/aromatic N) is 3. The lowest BCUT2D eigenvalue weighted by Gasteiger charge is -2.35. The molecule has 9 heteroatoms. The first kappa shape index (κ1) is 23.1. The summed E-state index contributed by atoms with van der Waals surface area (Å²) < 4.78 is 37.0. The van der Waals surface area contributed by atoms with Gasteiger partial charge in [-0.2, -0.15) is 4.31 Å². The van der Waals surface area contributed by atoms with Gasteiger partial charge in [-0.15, -0.1) is 0 Å². The van der Waals surface area contributed by atoms with E-state index >= 15 is 0 Å². The molecule has 0 bridgehead atoms. The Balaban J connectivity index is 2.34. The first-order valence-electron chi connectivity index (χ1n) is 9.53. The zero-order valence-corrected chi connectivity index (χ0v) is 17.6. The number of aliphatic imine (C=N–C) groups is 1. The molecule has 1 fully saturated rings. The largest absolute Gasteiger partial charge is 0.382 e. The first-order valence-corrected chi connectivity index (χ1v) is 11.1. The van der Waals surface area contributed by atoms with E-state index in [1.165, 1.54) is 0 Å². The van der Waals surface area contributed by atoms with Crippen molar-refractivity contribution in [3.63, 3.8) is 0 Å². The van der Waals surface area contributed by atoms with Crippen molar-refractivity contribution in [1.29, 1.82) is 0 Å². The number of sulfonamides is 1. The summed E-state index contributed by atoms with van der Waals surface area (Å²) in [7, 11) is -1.50. The van der Waals surface area contributed by atoms with Gasteiger partial charge in [0.1, 0.15) is 0 Å². The summed E-state index contributed by atoms with van der Waals surface area (Å²) in [5, 5.41) is 3.35. The molecule has 0 aromatic rings. The predicted octanol–water partition coefficient (Wildman–Crippen LogP) is 0.751. The molecule has 1 aliphatic heterocycles. The van der Waals surface area contributed by atoms with Crippen molar-refractivity contribution < 1.29 is 17.9 Å². The molecule has 1 rings (SSSR count). The highest BCUT2D eigenvalue weighted by atomic mass is 32.2. The Bertz CT molecular complexity index is 503. The Labute approximate surface area is 159 Å². The molecule has 26 heavy (non-hydrogen) atoms. The van der Waals surface area contributed by atoms with Gasteiger partial charge in [-0.25, -0.2) is 8.42 Å². The van der Waals surface area contributed by atoms with Crippen molar-refractivity contribution in [2.45, 2.75) is 39.7 Å². The summed E-state index contributed by atoms with van der Waals surface area (Å²) in [5.41, 5.74) is 0. The zero-order valence-electron chi connectivity index (χ0n) is 16.7. The molecule has 0 amide bonds. The summed E-state index contributed by atoms with van der Waals surface area (Å²) in [6.07, 6.45) is 2.08. The molecular weight excluding hydrogens is 356 g/mol. The van der Waals surface area contributed by atoms with Crippen molar-refractivity contribution in [2.24, 2.45) is 4.99 Å². The fraction of sp³-hybridized carbons (Fsp3) is 0.941. The lowest BCUT2D eigenvalue weighted by atomic mass is 10.3. The molecule has 0 saturated carbocycles. The molecule has 0 aromatic carbocycles. The van der Waals surface area contributed by atoms with Crippen LogP contribution in [0.5, 0.6) is 0 Å². The van der Waals surface area contributed by atoms with Gasteiger partial charge in [0.2, 0.25) is 10.0 Å². The summed E-state index contributed by atoms with van der Waals surface area (Å²) in [5.74, 6) is 0.874. The Morgan fingerprint density at radius 1 is 1.15 bits per heavy atom. The van der Waals surface area contributed by atoms with E-state index in [9.17, 15) is 8.42 Å². The molecule has 1 N–H and O–H groups in total. The van der Waals surface area contributed by atoms with Crippen LogP contribution in [-0.2, 0) is 19.5 Å². The smallest absolute Gasteiger partial charge is 0.216 e. The van der Waals surface area contributed by atoms with Crippen LogP contribution in [0.1, 0.15) is 33.6 Å². The molecule has 0 aromatic heterocycles. The van der Waals surface area contributed by atoms with Gasteiger partial charge in [-0.3, -0.25) is 4.99 Å². The highest BCUT2D eigenvalue weighted by molar-refractivity contribution is 7.89. The second-order valence-electron chi connectivity index (χ2n) is 6.50. The lowest BCUT2D eigenvalue weighted by Crippen LogP contribution is -2.54. The van der Waals surface area contributed by atoms with Gasteiger partial charge in [-0.1, -0.05) is 0 Å². The van der Waals surface area contributed by atoms with E-state index in [2.05, 4.69) is 15.2 Å². The highest BCUT2D eigenvalue weighted by Gasteiger charge is 2.27. The number of unbranched alkanes of at least 4 members (excludes halogenated alkanes) is 1. The van der Waals surface area contributed by atoms with Crippen molar-refractivity contribution in [3.8, 4) is 0 Å². The van der Waals surface area contributed by atoms with Crippen molar-refractivity contribution in [1.82, 2.24) is 14.5 Å². The van der Waals surface area contributed by atoms with Gasteiger partial charge >= 0.3 is 0 Å². The van der Waals surface area contributed by atoms with E-state index in [1.54, 1.807) is 11.4 Å². The van der Waals surface area contributed by atoms with Gasteiger partial charge < -0.3 is 19.7 Å². The predicted molar refractivity (Wildman–Crippen MR) is 105 cm³/mol. The van der Waals surface area contributed by atoms with Crippen molar-refractivity contribution in [2.75, 3.05) is 65.3 Å². The molecule has 0 aliphatic carbocycles. The molecule has 0 unspecified atom stereocenters. The lowest BCUT2D eigenvalue weighted by molar-refractivity contribution is 0.0904. The van der Waals surface area contributed by atoms with Crippen LogP contribution in [0.25, 0.3) is 0 Å². The number of hydrogen-bond acceptors (Lipinski definition) is 5. The third-order valence-electron chi connectivity index (χ3n) is 4.14. The Morgan fingerprint density at radius 2 is 1.85 bits per heavy atom. The molecule has 0 radical (unpaired) electrons. The summed E-state index contributed by atoms with van der Waals surface area (Å²) in [6, 6.07) is 0. The molecule has 1 aliphatic rings. The Kier molecular flexibility index (Phi) is 11.1. The maximum absolute atomic E-state index is 12.4. The summed E-state index contributed by atoms with van der Waals surface area (Å²) in [4.78, 5) is 6.42. The van der Waals surface area contributed by atoms with Crippen LogP contribution in [0.4, 0.5) is 0 Å². The molecule has 0 atom stereocenters. The van der Waals surface area contributed by atoms with E-state index in [4.69, 9.17) is 9.47 Å². The third kappa shape index (κ3) is 8.66. The molecular formula is C17H36N4O4S. The van der Waals surface area contributed by atoms with Crippen LogP contribution < -0.4 is 5.32 Å². The van der Waals surface area contributed by atoms with E-state index in [-0.39, 0.29) is 18.5 Å². The minimum atomic E-state index is -3.26. The number of piperazine rings is 1. The van der Waals surface area contributed by atoms with Crippen LogP contribution in [0.3, 0.4) is 0 Å². The molecule has 1 heterocycles. The number of guanidine groups is 1. The standard InChI is InChI=1S/C17H36N4O4S/c1-5-24-13-7-6-8-19-17(18-4)20-9-11-21(12-10-20)26(22,23)15-14-25-16(2)3/h16H,5-15H2,1-4H3,(H,18,19). The van der Waals surface area contributed by atoms with Crippen LogP contribution in [0.2, 0.25) is 0 Å². The average molecular weight is 393 g/mol. The monoisotopic (exact) mass is 392 g/mol. The van der Waals surface area contributed by atoms with Crippen molar-refractivity contribution in [3.05, 3.63) is 0 Å². The second kappa shape index (κ2) is 12.5. The van der Waals surface area contributed by atoms with Gasteiger partial charge in [0.25, 0.3) is 0 Å². The van der Waals surface area contributed by atoms with E-state index in [0.29, 0.717) is 26.2 Å². The van der Waals surface area contributed by atoms with E-state index in [0.717, 1.165) is 38.6 Å². The average Bonchev–Trinajstić information content (AvgIpc) is 2.61. The molecule has 154 valence electrons. The van der Waals surface area contributed by atoms with Crippen LogP contribution in [-0.4, -0.2) is 95.0 Å². The van der Waals surface area contributed by atoms with Crippen LogP contribution in [0, 0.1) is 0 Å². The highest BCUT2D eigenvalue weighted by Crippen LogP contribution is 2.09. The first-order chi connectivity index (χ1) is 12.4. The van der Waals surface area contributed by atoms with E-state index < -0.39 is 10.0 Å². The normalized spacial score (nSPS) is 17.1. The minimum absolute atomic E-state index is 0.0397. The van der Waals surface area contributed by atoms with Gasteiger partial charge in [0, 0.05) is 53.0 Å². The quantitative estimate of drug-likeness (QED) is 0.317. The SMILES string of the molecule is CCOCCCCNC(=NC)N1CCN(S(=O)(=O)CCOC(C)C)CC1. The zero-order chi connectivity index (χ0) is 19.4.